The summed E-state index contributed by atoms with van der Waals surface area (Å²) in [6, 6.07) is 0. The molecule has 12 heavy (non-hydrogen) atoms. The first-order valence-corrected chi connectivity index (χ1v) is 5.02. The number of hydrogen-bond donors (Lipinski definition) is 0. The fourth-order valence-corrected chi connectivity index (χ4v) is 1.99. The quantitative estimate of drug-likeness (QED) is 0.426. The Labute approximate surface area is 76.4 Å². The molecule has 0 heterocycles. The maximum Gasteiger partial charge on any atom is -0.0169 e. The van der Waals surface area contributed by atoms with Crippen molar-refractivity contribution in [3.8, 4) is 0 Å². The molecule has 0 aliphatic heterocycles. The van der Waals surface area contributed by atoms with E-state index >= 15 is 0 Å². The van der Waals surface area contributed by atoms with Crippen LogP contribution in [0.4, 0.5) is 0 Å². The lowest BCUT2D eigenvalue weighted by atomic mass is 9.90. The van der Waals surface area contributed by atoms with Crippen LogP contribution >= 0.6 is 0 Å². The molecular weight excluding hydrogens is 144 g/mol. The van der Waals surface area contributed by atoms with Gasteiger partial charge in [0.1, 0.15) is 0 Å². The van der Waals surface area contributed by atoms with Gasteiger partial charge in [0.15, 0.2) is 0 Å². The molecule has 0 aromatic heterocycles. The normalized spacial score (nSPS) is 25.1. The minimum Gasteiger partial charge on any atom is -0.100 e. The summed E-state index contributed by atoms with van der Waals surface area (Å²) in [7, 11) is 0. The standard InChI is InChI=1S/C12H20/c1-10(2)9-12-8-6-4-5-7-11(12)3/h12H,1,3-9H2,2H3. The molecule has 0 radical (unpaired) electrons. The van der Waals surface area contributed by atoms with Gasteiger partial charge >= 0.3 is 0 Å². The molecule has 1 aliphatic carbocycles. The van der Waals surface area contributed by atoms with E-state index < -0.39 is 0 Å². The van der Waals surface area contributed by atoms with Crippen LogP contribution in [0.3, 0.4) is 0 Å². The van der Waals surface area contributed by atoms with Crippen LogP contribution in [0.1, 0.15) is 45.4 Å². The molecule has 1 aliphatic rings. The maximum atomic E-state index is 4.17. The molecule has 0 heteroatoms. The lowest BCUT2D eigenvalue weighted by Gasteiger charge is -2.16. The van der Waals surface area contributed by atoms with Crippen LogP contribution < -0.4 is 0 Å². The monoisotopic (exact) mass is 164 g/mol. The van der Waals surface area contributed by atoms with Crippen molar-refractivity contribution in [3.05, 3.63) is 24.3 Å². The summed E-state index contributed by atoms with van der Waals surface area (Å²) in [5.41, 5.74) is 2.78. The Morgan fingerprint density at radius 3 is 2.83 bits per heavy atom. The summed E-state index contributed by atoms with van der Waals surface area (Å²) in [6.45, 7) is 10.3. The Morgan fingerprint density at radius 2 is 2.17 bits per heavy atom. The van der Waals surface area contributed by atoms with E-state index in [2.05, 4.69) is 20.1 Å². The van der Waals surface area contributed by atoms with Gasteiger partial charge in [-0.05, 0) is 38.5 Å². The Balaban J connectivity index is 2.47. The molecule has 0 amide bonds. The Hall–Kier alpha value is -0.520. The summed E-state index contributed by atoms with van der Waals surface area (Å²) < 4.78 is 0. The summed E-state index contributed by atoms with van der Waals surface area (Å²) in [6.07, 6.45) is 7.89. The first kappa shape index (κ1) is 9.57. The second-order valence-corrected chi connectivity index (χ2v) is 4.12. The van der Waals surface area contributed by atoms with Gasteiger partial charge in [-0.1, -0.05) is 30.6 Å². The molecule has 0 bridgehead atoms. The van der Waals surface area contributed by atoms with Crippen LogP contribution in [0.5, 0.6) is 0 Å². The van der Waals surface area contributed by atoms with E-state index in [9.17, 15) is 0 Å². The van der Waals surface area contributed by atoms with Crippen molar-refractivity contribution in [3.63, 3.8) is 0 Å². The zero-order valence-corrected chi connectivity index (χ0v) is 8.23. The molecule has 0 spiro atoms. The molecule has 0 aromatic rings. The van der Waals surface area contributed by atoms with Crippen molar-refractivity contribution < 1.29 is 0 Å². The van der Waals surface area contributed by atoms with E-state index in [1.165, 1.54) is 49.7 Å². The van der Waals surface area contributed by atoms with Crippen molar-refractivity contribution in [2.75, 3.05) is 0 Å². The fraction of sp³-hybridized carbons (Fsp3) is 0.667. The highest BCUT2D eigenvalue weighted by Gasteiger charge is 2.15. The molecule has 0 N–H and O–H groups in total. The van der Waals surface area contributed by atoms with Crippen molar-refractivity contribution in [1.82, 2.24) is 0 Å². The van der Waals surface area contributed by atoms with E-state index in [0.29, 0.717) is 0 Å². The summed E-state index contributed by atoms with van der Waals surface area (Å²) >= 11 is 0. The molecule has 0 aromatic carbocycles. The average molecular weight is 164 g/mol. The van der Waals surface area contributed by atoms with Gasteiger partial charge in [0.2, 0.25) is 0 Å². The zero-order chi connectivity index (χ0) is 8.97. The molecule has 1 atom stereocenters. The van der Waals surface area contributed by atoms with Gasteiger partial charge in [-0.2, -0.15) is 0 Å². The molecule has 1 fully saturated rings. The number of hydrogen-bond acceptors (Lipinski definition) is 0. The van der Waals surface area contributed by atoms with E-state index in [4.69, 9.17) is 0 Å². The summed E-state index contributed by atoms with van der Waals surface area (Å²) in [5.74, 6) is 0.741. The smallest absolute Gasteiger partial charge is 0.0169 e. The maximum absolute atomic E-state index is 4.17. The topological polar surface area (TPSA) is 0 Å². The van der Waals surface area contributed by atoms with Crippen molar-refractivity contribution in [2.45, 2.75) is 45.4 Å². The predicted molar refractivity (Wildman–Crippen MR) is 55.1 cm³/mol. The van der Waals surface area contributed by atoms with Crippen LogP contribution in [0, 0.1) is 5.92 Å². The third-order valence-corrected chi connectivity index (χ3v) is 2.72. The second kappa shape index (κ2) is 4.49. The third-order valence-electron chi connectivity index (χ3n) is 2.72. The van der Waals surface area contributed by atoms with Crippen molar-refractivity contribution in [2.24, 2.45) is 5.92 Å². The first-order valence-electron chi connectivity index (χ1n) is 5.02. The highest BCUT2D eigenvalue weighted by molar-refractivity contribution is 5.07. The third kappa shape index (κ3) is 2.84. The van der Waals surface area contributed by atoms with Crippen molar-refractivity contribution >= 4 is 0 Å². The Bertz CT molecular complexity index is 176. The Kier molecular flexibility index (Phi) is 3.58. The lowest BCUT2D eigenvalue weighted by molar-refractivity contribution is 0.546. The molecule has 1 rings (SSSR count). The fourth-order valence-electron chi connectivity index (χ4n) is 1.99. The highest BCUT2D eigenvalue weighted by atomic mass is 14.2. The van der Waals surface area contributed by atoms with E-state index in [1.54, 1.807) is 0 Å². The first-order chi connectivity index (χ1) is 5.70. The second-order valence-electron chi connectivity index (χ2n) is 4.12. The molecule has 0 saturated heterocycles. The zero-order valence-electron chi connectivity index (χ0n) is 8.23. The van der Waals surface area contributed by atoms with E-state index in [0.717, 1.165) is 5.92 Å². The van der Waals surface area contributed by atoms with Gasteiger partial charge in [0.25, 0.3) is 0 Å². The van der Waals surface area contributed by atoms with Gasteiger partial charge in [-0.3, -0.25) is 0 Å². The van der Waals surface area contributed by atoms with E-state index in [-0.39, 0.29) is 0 Å². The molecule has 68 valence electrons. The summed E-state index contributed by atoms with van der Waals surface area (Å²) in [4.78, 5) is 0. The van der Waals surface area contributed by atoms with Crippen LogP contribution in [0.2, 0.25) is 0 Å². The SMILES string of the molecule is C=C(C)CC1CCCCCC1=C. The summed E-state index contributed by atoms with van der Waals surface area (Å²) in [5, 5.41) is 0. The number of allylic oxidation sites excluding steroid dienone is 2. The van der Waals surface area contributed by atoms with Gasteiger partial charge in [0, 0.05) is 0 Å². The average Bonchev–Trinajstić information content (AvgIpc) is 2.16. The minimum absolute atomic E-state index is 0.741. The van der Waals surface area contributed by atoms with Gasteiger partial charge < -0.3 is 0 Å². The van der Waals surface area contributed by atoms with Crippen LogP contribution in [-0.4, -0.2) is 0 Å². The van der Waals surface area contributed by atoms with Crippen LogP contribution in [0.25, 0.3) is 0 Å². The molecule has 0 nitrogen and oxygen atoms in total. The molecule has 1 unspecified atom stereocenters. The highest BCUT2D eigenvalue weighted by Crippen LogP contribution is 2.30. The largest absolute Gasteiger partial charge is 0.100 e. The predicted octanol–water partition coefficient (Wildman–Crippen LogP) is 4.09. The van der Waals surface area contributed by atoms with E-state index in [1.807, 2.05) is 0 Å². The van der Waals surface area contributed by atoms with Gasteiger partial charge in [-0.25, -0.2) is 0 Å². The van der Waals surface area contributed by atoms with Gasteiger partial charge in [0.05, 0.1) is 0 Å². The van der Waals surface area contributed by atoms with Crippen LogP contribution in [0.15, 0.2) is 24.3 Å². The Morgan fingerprint density at radius 1 is 1.42 bits per heavy atom. The van der Waals surface area contributed by atoms with Gasteiger partial charge in [-0.15, -0.1) is 6.58 Å². The number of rotatable bonds is 2. The molecular formula is C12H20. The lowest BCUT2D eigenvalue weighted by Crippen LogP contribution is -2.01. The van der Waals surface area contributed by atoms with Crippen molar-refractivity contribution in [1.29, 1.82) is 0 Å². The van der Waals surface area contributed by atoms with Crippen LogP contribution in [-0.2, 0) is 0 Å². The minimum atomic E-state index is 0.741. The molecule has 1 saturated carbocycles.